The average Bonchev–Trinajstić information content (AvgIpc) is 2.63. The van der Waals surface area contributed by atoms with E-state index in [1.54, 1.807) is 24.3 Å². The van der Waals surface area contributed by atoms with Crippen molar-refractivity contribution >= 4 is 18.5 Å². The van der Waals surface area contributed by atoms with E-state index in [4.69, 9.17) is 10.5 Å². The molecular weight excluding hydrogens is 407 g/mol. The summed E-state index contributed by atoms with van der Waals surface area (Å²) in [6.45, 7) is 3.46. The Balaban J connectivity index is 0.00000300. The number of benzene rings is 2. The van der Waals surface area contributed by atoms with E-state index < -0.39 is 17.8 Å². The topological polar surface area (TPSA) is 58.8 Å². The van der Waals surface area contributed by atoms with Crippen LogP contribution in [0.2, 0.25) is 0 Å². The number of amides is 1. The fourth-order valence-corrected chi connectivity index (χ4v) is 3.24. The van der Waals surface area contributed by atoms with Gasteiger partial charge in [-0.2, -0.15) is 13.2 Å². The van der Waals surface area contributed by atoms with Crippen LogP contribution in [0.15, 0.2) is 42.5 Å². The first kappa shape index (κ1) is 23.0. The number of carbonyl (C=O) groups is 1. The molecule has 1 amide bonds. The van der Waals surface area contributed by atoms with Crippen molar-refractivity contribution in [2.45, 2.75) is 12.7 Å². The molecule has 29 heavy (non-hydrogen) atoms. The Bertz CT molecular complexity index is 836. The molecule has 2 aromatic carbocycles. The summed E-state index contributed by atoms with van der Waals surface area (Å²) in [7, 11) is 2.01. The van der Waals surface area contributed by atoms with E-state index in [9.17, 15) is 18.0 Å². The molecule has 2 N–H and O–H groups in total. The van der Waals surface area contributed by atoms with E-state index in [-0.39, 0.29) is 30.3 Å². The van der Waals surface area contributed by atoms with Gasteiger partial charge in [-0.1, -0.05) is 24.3 Å². The first-order valence-corrected chi connectivity index (χ1v) is 8.91. The number of nitrogens with two attached hydrogens (primary N) is 1. The molecule has 0 bridgehead atoms. The SMILES string of the molecule is CN1CCN(Cc2ccc(-c3ccc(OC(N)=O)cc3)cc2C(F)(F)F)CC1.Cl. The lowest BCUT2D eigenvalue weighted by Crippen LogP contribution is -2.44. The van der Waals surface area contributed by atoms with Gasteiger partial charge >= 0.3 is 12.3 Å². The van der Waals surface area contributed by atoms with E-state index in [1.807, 2.05) is 11.9 Å². The molecule has 1 heterocycles. The van der Waals surface area contributed by atoms with Crippen molar-refractivity contribution in [2.75, 3.05) is 33.2 Å². The maximum Gasteiger partial charge on any atom is 0.416 e. The van der Waals surface area contributed by atoms with Gasteiger partial charge < -0.3 is 15.4 Å². The van der Waals surface area contributed by atoms with Crippen molar-refractivity contribution in [3.05, 3.63) is 53.6 Å². The van der Waals surface area contributed by atoms with Crippen LogP contribution >= 0.6 is 12.4 Å². The lowest BCUT2D eigenvalue weighted by Gasteiger charge is -2.33. The predicted octanol–water partition coefficient (Wildman–Crippen LogP) is 4.00. The van der Waals surface area contributed by atoms with Crippen molar-refractivity contribution in [3.63, 3.8) is 0 Å². The normalized spacial score (nSPS) is 15.6. The molecule has 0 saturated carbocycles. The Kier molecular flexibility index (Phi) is 7.51. The lowest BCUT2D eigenvalue weighted by molar-refractivity contribution is -0.138. The van der Waals surface area contributed by atoms with Gasteiger partial charge in [-0.15, -0.1) is 12.4 Å². The van der Waals surface area contributed by atoms with Crippen LogP contribution in [0.1, 0.15) is 11.1 Å². The molecule has 0 aromatic heterocycles. The summed E-state index contributed by atoms with van der Waals surface area (Å²) in [4.78, 5) is 15.0. The molecule has 5 nitrogen and oxygen atoms in total. The molecule has 0 spiro atoms. The molecule has 1 fully saturated rings. The van der Waals surface area contributed by atoms with Crippen LogP contribution < -0.4 is 10.5 Å². The molecule has 1 aliphatic rings. The largest absolute Gasteiger partial charge is 0.416 e. The van der Waals surface area contributed by atoms with Gasteiger partial charge in [0.15, 0.2) is 0 Å². The van der Waals surface area contributed by atoms with Crippen molar-refractivity contribution in [1.29, 1.82) is 0 Å². The average molecular weight is 430 g/mol. The number of primary amides is 1. The Morgan fingerprint density at radius 1 is 1.03 bits per heavy atom. The van der Waals surface area contributed by atoms with Gasteiger partial charge in [0.2, 0.25) is 0 Å². The van der Waals surface area contributed by atoms with Gasteiger partial charge in [0.1, 0.15) is 5.75 Å². The molecule has 0 aliphatic carbocycles. The van der Waals surface area contributed by atoms with Crippen LogP contribution in [-0.4, -0.2) is 49.1 Å². The number of hydrogen-bond acceptors (Lipinski definition) is 4. The molecule has 3 rings (SSSR count). The minimum absolute atomic E-state index is 0. The minimum atomic E-state index is -4.44. The Morgan fingerprint density at radius 3 is 2.17 bits per heavy atom. The van der Waals surface area contributed by atoms with Crippen molar-refractivity contribution in [3.8, 4) is 16.9 Å². The predicted molar refractivity (Wildman–Crippen MR) is 107 cm³/mol. The summed E-state index contributed by atoms with van der Waals surface area (Å²) in [6, 6.07) is 10.6. The maximum absolute atomic E-state index is 13.7. The highest BCUT2D eigenvalue weighted by Gasteiger charge is 2.34. The van der Waals surface area contributed by atoms with E-state index in [2.05, 4.69) is 4.90 Å². The zero-order valence-corrected chi connectivity index (χ0v) is 16.7. The second-order valence-electron chi connectivity index (χ2n) is 6.89. The van der Waals surface area contributed by atoms with Crippen LogP contribution in [0.5, 0.6) is 5.75 Å². The molecule has 1 aliphatic heterocycles. The third-order valence-electron chi connectivity index (χ3n) is 4.81. The quantitative estimate of drug-likeness (QED) is 0.798. The Morgan fingerprint density at radius 2 is 1.62 bits per heavy atom. The van der Waals surface area contributed by atoms with Gasteiger partial charge in [-0.05, 0) is 41.9 Å². The lowest BCUT2D eigenvalue weighted by atomic mass is 9.98. The molecular formula is C20H23ClF3N3O2. The van der Waals surface area contributed by atoms with Gasteiger partial charge in [0.25, 0.3) is 0 Å². The second-order valence-corrected chi connectivity index (χ2v) is 6.89. The number of piperazine rings is 1. The molecule has 9 heteroatoms. The number of carbonyl (C=O) groups excluding carboxylic acids is 1. The van der Waals surface area contributed by atoms with Crippen LogP contribution in [0.3, 0.4) is 0 Å². The summed E-state index contributed by atoms with van der Waals surface area (Å²) in [5.41, 5.74) is 5.63. The van der Waals surface area contributed by atoms with Crippen LogP contribution in [0.25, 0.3) is 11.1 Å². The van der Waals surface area contributed by atoms with Gasteiger partial charge in [-0.25, -0.2) is 4.79 Å². The first-order valence-electron chi connectivity index (χ1n) is 8.91. The maximum atomic E-state index is 13.7. The molecule has 0 unspecified atom stereocenters. The highest BCUT2D eigenvalue weighted by Crippen LogP contribution is 2.36. The van der Waals surface area contributed by atoms with Crippen LogP contribution in [-0.2, 0) is 12.7 Å². The molecule has 0 radical (unpaired) electrons. The van der Waals surface area contributed by atoms with Gasteiger partial charge in [0.05, 0.1) is 5.56 Å². The molecule has 1 saturated heterocycles. The zero-order valence-electron chi connectivity index (χ0n) is 15.9. The fourth-order valence-electron chi connectivity index (χ4n) is 3.24. The van der Waals surface area contributed by atoms with Crippen molar-refractivity contribution in [1.82, 2.24) is 9.80 Å². The number of nitrogens with zero attached hydrogens (tertiary/aromatic N) is 2. The number of alkyl halides is 3. The summed E-state index contributed by atoms with van der Waals surface area (Å²) in [6.07, 6.45) is -5.38. The molecule has 2 aromatic rings. The van der Waals surface area contributed by atoms with Crippen LogP contribution in [0.4, 0.5) is 18.0 Å². The van der Waals surface area contributed by atoms with Crippen molar-refractivity contribution < 1.29 is 22.7 Å². The zero-order chi connectivity index (χ0) is 20.3. The highest BCUT2D eigenvalue weighted by atomic mass is 35.5. The van der Waals surface area contributed by atoms with Crippen molar-refractivity contribution in [2.24, 2.45) is 5.73 Å². The van der Waals surface area contributed by atoms with Crippen LogP contribution in [0, 0.1) is 0 Å². The number of ether oxygens (including phenoxy) is 1. The third-order valence-corrected chi connectivity index (χ3v) is 4.81. The Labute approximate surface area is 173 Å². The minimum Gasteiger partial charge on any atom is -0.411 e. The fraction of sp³-hybridized carbons (Fsp3) is 0.350. The monoisotopic (exact) mass is 429 g/mol. The molecule has 0 atom stereocenters. The van der Waals surface area contributed by atoms with E-state index in [0.29, 0.717) is 11.1 Å². The number of hydrogen-bond donors (Lipinski definition) is 1. The summed E-state index contributed by atoms with van der Waals surface area (Å²) < 4.78 is 45.8. The van der Waals surface area contributed by atoms with Gasteiger partial charge in [-0.3, -0.25) is 4.90 Å². The number of likely N-dealkylation sites (N-methyl/N-ethyl adjacent to an activating group) is 1. The second kappa shape index (κ2) is 9.47. The number of halogens is 4. The van der Waals surface area contributed by atoms with E-state index in [1.165, 1.54) is 18.2 Å². The van der Waals surface area contributed by atoms with E-state index in [0.717, 1.165) is 26.2 Å². The van der Waals surface area contributed by atoms with E-state index >= 15 is 0 Å². The highest BCUT2D eigenvalue weighted by molar-refractivity contribution is 5.85. The summed E-state index contributed by atoms with van der Waals surface area (Å²) >= 11 is 0. The standard InChI is InChI=1S/C20H22F3N3O2.ClH/c1-25-8-10-26(11-9-25)13-16-3-2-15(12-18(16)20(21,22)23)14-4-6-17(7-5-14)28-19(24)27;/h2-7,12H,8-11,13H2,1H3,(H2,24,27);1H. The third kappa shape index (κ3) is 6.09. The summed E-state index contributed by atoms with van der Waals surface area (Å²) in [5, 5.41) is 0. The first-order chi connectivity index (χ1) is 13.2. The Hall–Kier alpha value is -2.29. The number of rotatable bonds is 4. The van der Waals surface area contributed by atoms with Gasteiger partial charge in [0, 0.05) is 32.7 Å². The molecule has 158 valence electrons. The summed E-state index contributed by atoms with van der Waals surface area (Å²) in [5.74, 6) is 0.235. The smallest absolute Gasteiger partial charge is 0.411 e.